The zero-order valence-corrected chi connectivity index (χ0v) is 9.68. The van der Waals surface area contributed by atoms with Gasteiger partial charge in [-0.1, -0.05) is 6.07 Å². The summed E-state index contributed by atoms with van der Waals surface area (Å²) in [6, 6.07) is 5.72. The molecule has 16 heavy (non-hydrogen) atoms. The summed E-state index contributed by atoms with van der Waals surface area (Å²) in [5.41, 5.74) is 0.958. The van der Waals surface area contributed by atoms with Gasteiger partial charge in [0.25, 0.3) is 0 Å². The highest BCUT2D eigenvalue weighted by molar-refractivity contribution is 5.70. The van der Waals surface area contributed by atoms with Crippen molar-refractivity contribution in [3.05, 3.63) is 30.1 Å². The summed E-state index contributed by atoms with van der Waals surface area (Å²) in [6.07, 6.45) is 2.35. The first-order valence-corrected chi connectivity index (χ1v) is 5.35. The molecule has 0 bridgehead atoms. The predicted molar refractivity (Wildman–Crippen MR) is 60.0 cm³/mol. The topological polar surface area (TPSA) is 48.4 Å². The molecule has 0 unspecified atom stereocenters. The van der Waals surface area contributed by atoms with Crippen molar-refractivity contribution >= 4 is 5.97 Å². The van der Waals surface area contributed by atoms with Crippen molar-refractivity contribution < 1.29 is 14.3 Å². The fourth-order valence-electron chi connectivity index (χ4n) is 1.18. The minimum absolute atomic E-state index is 0.00497. The smallest absolute Gasteiger partial charge is 0.332 e. The first-order chi connectivity index (χ1) is 7.68. The van der Waals surface area contributed by atoms with Gasteiger partial charge in [-0.15, -0.1) is 0 Å². The maximum Gasteiger partial charge on any atom is 0.332 e. The Kier molecular flexibility index (Phi) is 5.50. The molecule has 4 nitrogen and oxygen atoms in total. The summed E-state index contributed by atoms with van der Waals surface area (Å²) >= 11 is 0. The number of pyridine rings is 1. The lowest BCUT2D eigenvalue weighted by molar-refractivity contribution is -0.152. The monoisotopic (exact) mass is 223 g/mol. The van der Waals surface area contributed by atoms with Crippen LogP contribution in [0.1, 0.15) is 19.5 Å². The maximum atomic E-state index is 11.1. The molecule has 4 heteroatoms. The highest BCUT2D eigenvalue weighted by atomic mass is 16.6. The van der Waals surface area contributed by atoms with Gasteiger partial charge in [-0.2, -0.15) is 0 Å². The Balaban J connectivity index is 2.10. The van der Waals surface area contributed by atoms with Crippen molar-refractivity contribution in [1.82, 2.24) is 4.98 Å². The quantitative estimate of drug-likeness (QED) is 0.543. The number of carbonyl (C=O) groups excluding carboxylic acids is 1. The van der Waals surface area contributed by atoms with Gasteiger partial charge >= 0.3 is 5.97 Å². The van der Waals surface area contributed by atoms with E-state index in [0.717, 1.165) is 5.69 Å². The van der Waals surface area contributed by atoms with Crippen LogP contribution in [0.25, 0.3) is 0 Å². The fraction of sp³-hybridized carbons (Fsp3) is 0.500. The van der Waals surface area contributed by atoms with E-state index in [1.807, 2.05) is 32.0 Å². The highest BCUT2D eigenvalue weighted by Crippen LogP contribution is 1.95. The maximum absolute atomic E-state index is 11.1. The van der Waals surface area contributed by atoms with E-state index in [2.05, 4.69) is 4.98 Å². The van der Waals surface area contributed by atoms with Crippen molar-refractivity contribution in [1.29, 1.82) is 0 Å². The molecule has 88 valence electrons. The Morgan fingerprint density at radius 2 is 2.25 bits per heavy atom. The number of carbonyl (C=O) groups is 1. The second-order valence-corrected chi connectivity index (χ2v) is 3.66. The van der Waals surface area contributed by atoms with Crippen LogP contribution >= 0.6 is 0 Å². The predicted octanol–water partition coefficient (Wildman–Crippen LogP) is 1.59. The molecule has 0 aliphatic rings. The van der Waals surface area contributed by atoms with Crippen molar-refractivity contribution in [2.24, 2.45) is 0 Å². The van der Waals surface area contributed by atoms with E-state index in [1.165, 1.54) is 0 Å². The largest absolute Gasteiger partial charge is 0.461 e. The Morgan fingerprint density at radius 1 is 1.44 bits per heavy atom. The molecule has 0 aliphatic heterocycles. The summed E-state index contributed by atoms with van der Waals surface area (Å²) in [4.78, 5) is 15.2. The standard InChI is InChI=1S/C12H17NO3/c1-10(2)16-12(14)9-15-8-6-11-5-3-4-7-13-11/h3-5,7,10H,6,8-9H2,1-2H3. The van der Waals surface area contributed by atoms with Crippen LogP contribution in [0.15, 0.2) is 24.4 Å². The lowest BCUT2D eigenvalue weighted by atomic mass is 10.3. The molecule has 1 heterocycles. The van der Waals surface area contributed by atoms with E-state index < -0.39 is 0 Å². The fourth-order valence-corrected chi connectivity index (χ4v) is 1.18. The zero-order valence-electron chi connectivity index (χ0n) is 9.68. The SMILES string of the molecule is CC(C)OC(=O)COCCc1ccccn1. The molecule has 0 N–H and O–H groups in total. The van der Waals surface area contributed by atoms with E-state index in [0.29, 0.717) is 13.0 Å². The summed E-state index contributed by atoms with van der Waals surface area (Å²) in [6.45, 7) is 4.10. The minimum Gasteiger partial charge on any atom is -0.461 e. The Hall–Kier alpha value is -1.42. The number of nitrogens with zero attached hydrogens (tertiary/aromatic N) is 1. The number of hydrogen-bond donors (Lipinski definition) is 0. The summed E-state index contributed by atoms with van der Waals surface area (Å²) < 4.78 is 10.1. The van der Waals surface area contributed by atoms with Crippen LogP contribution < -0.4 is 0 Å². The van der Waals surface area contributed by atoms with Gasteiger partial charge in [0.05, 0.1) is 12.7 Å². The Labute approximate surface area is 95.6 Å². The van der Waals surface area contributed by atoms with Gasteiger partial charge in [-0.05, 0) is 26.0 Å². The molecule has 0 aliphatic carbocycles. The van der Waals surface area contributed by atoms with Gasteiger partial charge in [0.2, 0.25) is 0 Å². The van der Waals surface area contributed by atoms with Crippen molar-refractivity contribution in [3.63, 3.8) is 0 Å². The molecule has 0 saturated carbocycles. The molecule has 0 saturated heterocycles. The van der Waals surface area contributed by atoms with Crippen LogP contribution in [-0.2, 0) is 20.7 Å². The lowest BCUT2D eigenvalue weighted by Crippen LogP contribution is -2.17. The molecule has 0 amide bonds. The molecule has 1 aromatic rings. The third-order valence-corrected chi connectivity index (χ3v) is 1.82. The third-order valence-electron chi connectivity index (χ3n) is 1.82. The third kappa shape index (κ3) is 5.46. The van der Waals surface area contributed by atoms with E-state index in [9.17, 15) is 4.79 Å². The molecular formula is C12H17NO3. The summed E-state index contributed by atoms with van der Waals surface area (Å²) in [5, 5.41) is 0. The van der Waals surface area contributed by atoms with Gasteiger partial charge in [-0.25, -0.2) is 4.79 Å². The number of esters is 1. The second kappa shape index (κ2) is 6.95. The van der Waals surface area contributed by atoms with Crippen LogP contribution in [0.4, 0.5) is 0 Å². The van der Waals surface area contributed by atoms with Crippen LogP contribution in [0.3, 0.4) is 0 Å². The van der Waals surface area contributed by atoms with Gasteiger partial charge in [0, 0.05) is 18.3 Å². The zero-order chi connectivity index (χ0) is 11.8. The van der Waals surface area contributed by atoms with E-state index in [-0.39, 0.29) is 18.7 Å². The highest BCUT2D eigenvalue weighted by Gasteiger charge is 2.04. The lowest BCUT2D eigenvalue weighted by Gasteiger charge is -2.08. The molecule has 1 aromatic heterocycles. The molecule has 0 aromatic carbocycles. The average Bonchev–Trinajstić information content (AvgIpc) is 2.25. The normalized spacial score (nSPS) is 10.4. The van der Waals surface area contributed by atoms with Crippen molar-refractivity contribution in [2.75, 3.05) is 13.2 Å². The van der Waals surface area contributed by atoms with E-state index >= 15 is 0 Å². The van der Waals surface area contributed by atoms with E-state index in [4.69, 9.17) is 9.47 Å². The number of aromatic nitrogens is 1. The van der Waals surface area contributed by atoms with Crippen LogP contribution in [-0.4, -0.2) is 30.3 Å². The molecule has 0 radical (unpaired) electrons. The van der Waals surface area contributed by atoms with Gasteiger partial charge in [0.1, 0.15) is 6.61 Å². The van der Waals surface area contributed by atoms with Crippen LogP contribution in [0, 0.1) is 0 Å². The van der Waals surface area contributed by atoms with Gasteiger partial charge < -0.3 is 9.47 Å². The van der Waals surface area contributed by atoms with Crippen molar-refractivity contribution in [3.8, 4) is 0 Å². The molecular weight excluding hydrogens is 206 g/mol. The molecule has 0 fully saturated rings. The number of hydrogen-bond acceptors (Lipinski definition) is 4. The average molecular weight is 223 g/mol. The van der Waals surface area contributed by atoms with Crippen molar-refractivity contribution in [2.45, 2.75) is 26.4 Å². The molecule has 0 atom stereocenters. The molecule has 1 rings (SSSR count). The van der Waals surface area contributed by atoms with Crippen LogP contribution in [0.2, 0.25) is 0 Å². The van der Waals surface area contributed by atoms with Gasteiger partial charge in [0.15, 0.2) is 0 Å². The minimum atomic E-state index is -0.323. The summed E-state index contributed by atoms with van der Waals surface area (Å²) in [5.74, 6) is -0.323. The Morgan fingerprint density at radius 3 is 2.88 bits per heavy atom. The summed E-state index contributed by atoms with van der Waals surface area (Å²) in [7, 11) is 0. The van der Waals surface area contributed by atoms with E-state index in [1.54, 1.807) is 6.20 Å². The first kappa shape index (κ1) is 12.6. The first-order valence-electron chi connectivity index (χ1n) is 5.35. The number of rotatable bonds is 6. The van der Waals surface area contributed by atoms with Crippen LogP contribution in [0.5, 0.6) is 0 Å². The Bertz CT molecular complexity index is 311. The second-order valence-electron chi connectivity index (χ2n) is 3.66. The number of ether oxygens (including phenoxy) is 2. The van der Waals surface area contributed by atoms with Gasteiger partial charge in [-0.3, -0.25) is 4.98 Å². The molecule has 0 spiro atoms.